The maximum atomic E-state index is 12.4. The lowest BCUT2D eigenvalue weighted by atomic mass is 9.99. The molecule has 0 spiro atoms. The van der Waals surface area contributed by atoms with Gasteiger partial charge in [0.05, 0.1) is 11.9 Å². The van der Waals surface area contributed by atoms with Crippen molar-refractivity contribution in [2.75, 3.05) is 0 Å². The molecule has 0 saturated heterocycles. The Labute approximate surface area is 104 Å². The molecule has 0 aliphatic carbocycles. The maximum Gasteiger partial charge on any atom is 0.278 e. The van der Waals surface area contributed by atoms with Crippen LogP contribution in [0.1, 0.15) is 43.5 Å². The minimum atomic E-state index is -0.196. The average molecular weight is 242 g/mol. The number of aromatic amines is 1. The molecular formula is C13H14N4O. The monoisotopic (exact) mass is 242 g/mol. The molecule has 0 radical (unpaired) electrons. The molecule has 2 heterocycles. The van der Waals surface area contributed by atoms with Crippen molar-refractivity contribution < 1.29 is 0 Å². The van der Waals surface area contributed by atoms with E-state index in [0.29, 0.717) is 22.5 Å². The fraction of sp³-hybridized carbons (Fsp3) is 0.308. The van der Waals surface area contributed by atoms with Crippen LogP contribution in [0.2, 0.25) is 0 Å². The summed E-state index contributed by atoms with van der Waals surface area (Å²) in [5.41, 5.74) is 2.68. The Kier molecular flexibility index (Phi) is 2.79. The van der Waals surface area contributed by atoms with Gasteiger partial charge in [-0.3, -0.25) is 4.79 Å². The third kappa shape index (κ3) is 1.63. The van der Waals surface area contributed by atoms with E-state index in [-0.39, 0.29) is 11.5 Å². The second-order valence-electron chi connectivity index (χ2n) is 4.58. The highest BCUT2D eigenvalue weighted by molar-refractivity contribution is 5.65. The Balaban J connectivity index is 2.98. The van der Waals surface area contributed by atoms with Crippen molar-refractivity contribution in [1.82, 2.24) is 14.6 Å². The van der Waals surface area contributed by atoms with Crippen LogP contribution in [-0.2, 0) is 0 Å². The normalized spacial score (nSPS) is 10.8. The Bertz CT molecular complexity index is 728. The standard InChI is InChI=1S/C13H14N4O/c1-7(2)10-11(8(3)4)16-12-9(5-14)6-15-17(12)13(10)18/h6-7,16H,3H2,1-2,4H3. The number of nitrogens with zero attached hydrogens (tertiary/aromatic N) is 3. The number of hydrogen-bond acceptors (Lipinski definition) is 3. The molecule has 0 aromatic carbocycles. The molecule has 0 unspecified atom stereocenters. The third-order valence-corrected chi connectivity index (χ3v) is 2.83. The van der Waals surface area contributed by atoms with Gasteiger partial charge in [-0.2, -0.15) is 14.9 Å². The molecule has 2 aromatic heterocycles. The molecule has 0 fully saturated rings. The first-order valence-corrected chi connectivity index (χ1v) is 5.67. The number of nitriles is 1. The lowest BCUT2D eigenvalue weighted by Gasteiger charge is -2.12. The Morgan fingerprint density at radius 1 is 1.61 bits per heavy atom. The summed E-state index contributed by atoms with van der Waals surface area (Å²) < 4.78 is 1.24. The van der Waals surface area contributed by atoms with Gasteiger partial charge in [-0.1, -0.05) is 20.4 Å². The first-order chi connectivity index (χ1) is 8.47. The van der Waals surface area contributed by atoms with E-state index in [1.54, 1.807) is 0 Å². The molecule has 18 heavy (non-hydrogen) atoms. The van der Waals surface area contributed by atoms with Gasteiger partial charge in [0.1, 0.15) is 11.6 Å². The maximum absolute atomic E-state index is 12.4. The first-order valence-electron chi connectivity index (χ1n) is 5.67. The summed E-state index contributed by atoms with van der Waals surface area (Å²) in [6.45, 7) is 9.59. The van der Waals surface area contributed by atoms with Crippen molar-refractivity contribution in [2.24, 2.45) is 0 Å². The summed E-state index contributed by atoms with van der Waals surface area (Å²) in [6.07, 6.45) is 1.39. The number of H-pyrrole nitrogens is 1. The minimum Gasteiger partial charge on any atom is -0.338 e. The summed E-state index contributed by atoms with van der Waals surface area (Å²) in [5, 5.41) is 12.9. The molecule has 0 amide bonds. The summed E-state index contributed by atoms with van der Waals surface area (Å²) in [5.74, 6) is 0.0552. The highest BCUT2D eigenvalue weighted by Crippen LogP contribution is 2.21. The van der Waals surface area contributed by atoms with Gasteiger partial charge in [-0.25, -0.2) is 0 Å². The van der Waals surface area contributed by atoms with Crippen LogP contribution < -0.4 is 5.56 Å². The number of allylic oxidation sites excluding steroid dienone is 1. The molecule has 5 heteroatoms. The number of fused-ring (bicyclic) bond motifs is 1. The summed E-state index contributed by atoms with van der Waals surface area (Å²) in [7, 11) is 0. The van der Waals surface area contributed by atoms with Crippen molar-refractivity contribution in [3.8, 4) is 6.07 Å². The predicted octanol–water partition coefficient (Wildman–Crippen LogP) is 2.05. The van der Waals surface area contributed by atoms with E-state index in [4.69, 9.17) is 5.26 Å². The molecule has 5 nitrogen and oxygen atoms in total. The van der Waals surface area contributed by atoms with Crippen LogP contribution in [0.4, 0.5) is 0 Å². The van der Waals surface area contributed by atoms with Gasteiger partial charge in [0, 0.05) is 5.56 Å². The molecule has 2 aromatic rings. The molecule has 0 saturated carbocycles. The van der Waals surface area contributed by atoms with Gasteiger partial charge in [0.25, 0.3) is 5.56 Å². The summed E-state index contributed by atoms with van der Waals surface area (Å²) >= 11 is 0. The van der Waals surface area contributed by atoms with Crippen LogP contribution >= 0.6 is 0 Å². The summed E-state index contributed by atoms with van der Waals surface area (Å²) in [4.78, 5) is 15.4. The van der Waals surface area contributed by atoms with Gasteiger partial charge >= 0.3 is 0 Å². The van der Waals surface area contributed by atoms with Gasteiger partial charge in [0.2, 0.25) is 0 Å². The van der Waals surface area contributed by atoms with Gasteiger partial charge in [-0.15, -0.1) is 0 Å². The zero-order valence-corrected chi connectivity index (χ0v) is 10.6. The Morgan fingerprint density at radius 3 is 2.78 bits per heavy atom. The van der Waals surface area contributed by atoms with Gasteiger partial charge < -0.3 is 4.98 Å². The quantitative estimate of drug-likeness (QED) is 0.875. The fourth-order valence-corrected chi connectivity index (χ4v) is 1.98. The van der Waals surface area contributed by atoms with Crippen LogP contribution in [0.3, 0.4) is 0 Å². The van der Waals surface area contributed by atoms with Crippen molar-refractivity contribution in [1.29, 1.82) is 5.26 Å². The van der Waals surface area contributed by atoms with E-state index in [0.717, 1.165) is 5.57 Å². The van der Waals surface area contributed by atoms with E-state index in [9.17, 15) is 4.79 Å². The smallest absolute Gasteiger partial charge is 0.278 e. The molecule has 1 N–H and O–H groups in total. The van der Waals surface area contributed by atoms with Crippen LogP contribution in [0.15, 0.2) is 17.6 Å². The summed E-state index contributed by atoms with van der Waals surface area (Å²) in [6, 6.07) is 2.01. The van der Waals surface area contributed by atoms with Crippen LogP contribution in [0.5, 0.6) is 0 Å². The fourth-order valence-electron chi connectivity index (χ4n) is 1.98. The predicted molar refractivity (Wildman–Crippen MR) is 69.3 cm³/mol. The number of nitrogens with one attached hydrogen (secondary N) is 1. The molecule has 0 atom stereocenters. The SMILES string of the molecule is C=C(C)c1[nH]c2c(C#N)cnn2c(=O)c1C(C)C. The van der Waals surface area contributed by atoms with Crippen molar-refractivity contribution in [3.63, 3.8) is 0 Å². The largest absolute Gasteiger partial charge is 0.338 e. The van der Waals surface area contributed by atoms with Crippen LogP contribution in [-0.4, -0.2) is 14.6 Å². The highest BCUT2D eigenvalue weighted by atomic mass is 16.1. The minimum absolute atomic E-state index is 0.0552. The molecular weight excluding hydrogens is 228 g/mol. The number of hydrogen-bond donors (Lipinski definition) is 1. The second-order valence-corrected chi connectivity index (χ2v) is 4.58. The number of aromatic nitrogens is 3. The van der Waals surface area contributed by atoms with Crippen molar-refractivity contribution in [2.45, 2.75) is 26.7 Å². The zero-order valence-electron chi connectivity index (χ0n) is 10.6. The third-order valence-electron chi connectivity index (χ3n) is 2.83. The zero-order chi connectivity index (χ0) is 13.4. The van der Waals surface area contributed by atoms with Gasteiger partial charge in [0.15, 0.2) is 5.65 Å². The number of rotatable bonds is 2. The Hall–Kier alpha value is -2.35. The van der Waals surface area contributed by atoms with E-state index < -0.39 is 0 Å². The Morgan fingerprint density at radius 2 is 2.28 bits per heavy atom. The molecule has 0 aliphatic heterocycles. The topological polar surface area (TPSA) is 73.9 Å². The second kappa shape index (κ2) is 4.15. The average Bonchev–Trinajstić information content (AvgIpc) is 2.71. The van der Waals surface area contributed by atoms with Crippen LogP contribution in [0, 0.1) is 11.3 Å². The van der Waals surface area contributed by atoms with Crippen LogP contribution in [0.25, 0.3) is 11.2 Å². The van der Waals surface area contributed by atoms with Crippen molar-refractivity contribution in [3.05, 3.63) is 40.0 Å². The molecule has 0 bridgehead atoms. The molecule has 0 aliphatic rings. The van der Waals surface area contributed by atoms with Crippen molar-refractivity contribution >= 4 is 11.2 Å². The lowest BCUT2D eigenvalue weighted by Crippen LogP contribution is -2.23. The first kappa shape index (κ1) is 12.1. The van der Waals surface area contributed by atoms with Gasteiger partial charge in [-0.05, 0) is 18.4 Å². The lowest BCUT2D eigenvalue weighted by molar-refractivity contribution is 0.788. The molecule has 2 rings (SSSR count). The molecule has 92 valence electrons. The van der Waals surface area contributed by atoms with E-state index in [1.165, 1.54) is 10.7 Å². The van der Waals surface area contributed by atoms with E-state index in [2.05, 4.69) is 16.7 Å². The highest BCUT2D eigenvalue weighted by Gasteiger charge is 2.17. The van der Waals surface area contributed by atoms with E-state index >= 15 is 0 Å². The van der Waals surface area contributed by atoms with E-state index in [1.807, 2.05) is 26.8 Å².